The third-order valence-corrected chi connectivity index (χ3v) is 6.90. The zero-order valence-corrected chi connectivity index (χ0v) is 17.4. The Morgan fingerprint density at radius 2 is 1.81 bits per heavy atom. The molecule has 27 heavy (non-hydrogen) atoms. The lowest BCUT2D eigenvalue weighted by Gasteiger charge is -2.18. The van der Waals surface area contributed by atoms with Crippen molar-refractivity contribution in [1.29, 1.82) is 0 Å². The van der Waals surface area contributed by atoms with Crippen LogP contribution in [0.5, 0.6) is 0 Å². The van der Waals surface area contributed by atoms with E-state index < -0.39 is 0 Å². The lowest BCUT2D eigenvalue weighted by Crippen LogP contribution is -2.24. The van der Waals surface area contributed by atoms with E-state index in [1.165, 1.54) is 5.56 Å². The van der Waals surface area contributed by atoms with Crippen molar-refractivity contribution < 1.29 is 0 Å². The minimum absolute atomic E-state index is 0.0651. The lowest BCUT2D eigenvalue weighted by molar-refractivity contribution is 0.736. The van der Waals surface area contributed by atoms with Crippen molar-refractivity contribution in [3.8, 4) is 5.69 Å². The highest BCUT2D eigenvalue weighted by molar-refractivity contribution is 7.99. The monoisotopic (exact) mass is 394 g/mol. The SMILES string of the molecule is Cc1cc(C)cc(-n2c(S[C@@H](C)c3ccccc3)nc3c(c2=O)SCC3)c1. The number of hydrogen-bond acceptors (Lipinski definition) is 4. The molecule has 2 aromatic carbocycles. The number of rotatable bonds is 4. The van der Waals surface area contributed by atoms with Crippen LogP contribution < -0.4 is 5.56 Å². The minimum atomic E-state index is 0.0651. The van der Waals surface area contributed by atoms with Gasteiger partial charge in [0.25, 0.3) is 5.56 Å². The van der Waals surface area contributed by atoms with Gasteiger partial charge in [-0.05, 0) is 49.6 Å². The van der Waals surface area contributed by atoms with E-state index in [0.29, 0.717) is 0 Å². The summed E-state index contributed by atoms with van der Waals surface area (Å²) in [6.07, 6.45) is 0.871. The molecule has 5 heteroatoms. The van der Waals surface area contributed by atoms with Gasteiger partial charge in [0.05, 0.1) is 16.3 Å². The third kappa shape index (κ3) is 3.71. The van der Waals surface area contributed by atoms with E-state index in [9.17, 15) is 4.79 Å². The molecule has 2 heterocycles. The summed E-state index contributed by atoms with van der Waals surface area (Å²) in [5.41, 5.74) is 5.46. The van der Waals surface area contributed by atoms with Crippen molar-refractivity contribution in [3.63, 3.8) is 0 Å². The van der Waals surface area contributed by atoms with Crippen LogP contribution in [0.3, 0.4) is 0 Å². The average molecular weight is 395 g/mol. The first-order valence-electron chi connectivity index (χ1n) is 9.12. The highest BCUT2D eigenvalue weighted by atomic mass is 32.2. The van der Waals surface area contributed by atoms with Gasteiger partial charge in [0.2, 0.25) is 0 Å². The molecule has 0 bridgehead atoms. The van der Waals surface area contributed by atoms with Gasteiger partial charge in [-0.2, -0.15) is 0 Å². The first-order chi connectivity index (χ1) is 13.0. The van der Waals surface area contributed by atoms with Crippen LogP contribution >= 0.6 is 23.5 Å². The fourth-order valence-corrected chi connectivity index (χ4v) is 5.52. The van der Waals surface area contributed by atoms with Gasteiger partial charge in [0, 0.05) is 17.4 Å². The highest BCUT2D eigenvalue weighted by Gasteiger charge is 2.24. The topological polar surface area (TPSA) is 34.9 Å². The first-order valence-corrected chi connectivity index (χ1v) is 11.0. The number of aromatic nitrogens is 2. The first kappa shape index (κ1) is 18.4. The predicted octanol–water partition coefficient (Wildman–Crippen LogP) is 5.35. The van der Waals surface area contributed by atoms with Crippen molar-refractivity contribution in [2.75, 3.05) is 5.75 Å². The molecule has 1 aromatic heterocycles. The van der Waals surface area contributed by atoms with E-state index in [1.54, 1.807) is 28.1 Å². The molecule has 4 rings (SSSR count). The zero-order chi connectivity index (χ0) is 19.0. The maximum absolute atomic E-state index is 13.3. The Bertz CT molecular complexity index is 1020. The fourth-order valence-electron chi connectivity index (χ4n) is 3.43. The fraction of sp³-hybridized carbons (Fsp3) is 0.273. The van der Waals surface area contributed by atoms with Crippen LogP contribution in [0.4, 0.5) is 0 Å². The Labute approximate surface area is 168 Å². The Hall–Kier alpha value is -1.98. The maximum atomic E-state index is 13.3. The Kier molecular flexibility index (Phi) is 5.15. The standard InChI is InChI=1S/C22H22N2OS2/c1-14-11-15(2)13-18(12-14)24-21(25)20-19(9-10-26-20)23-22(24)27-16(3)17-7-5-4-6-8-17/h4-8,11-13,16H,9-10H2,1-3H3/t16-/m0/s1. The van der Waals surface area contributed by atoms with Gasteiger partial charge < -0.3 is 0 Å². The molecule has 0 fully saturated rings. The van der Waals surface area contributed by atoms with Gasteiger partial charge in [0.15, 0.2) is 5.16 Å². The van der Waals surface area contributed by atoms with E-state index in [1.807, 2.05) is 6.07 Å². The van der Waals surface area contributed by atoms with Gasteiger partial charge >= 0.3 is 0 Å². The molecule has 1 atom stereocenters. The maximum Gasteiger partial charge on any atom is 0.272 e. The molecule has 0 saturated heterocycles. The molecule has 138 valence electrons. The Morgan fingerprint density at radius 1 is 1.11 bits per heavy atom. The molecule has 3 aromatic rings. The van der Waals surface area contributed by atoms with E-state index in [-0.39, 0.29) is 10.8 Å². The van der Waals surface area contributed by atoms with Crippen LogP contribution in [-0.2, 0) is 6.42 Å². The normalized spacial score (nSPS) is 14.2. The smallest absolute Gasteiger partial charge is 0.268 e. The number of benzene rings is 2. The number of aryl methyl sites for hydroxylation is 3. The lowest BCUT2D eigenvalue weighted by atomic mass is 10.1. The molecule has 0 amide bonds. The molecular formula is C22H22N2OS2. The van der Waals surface area contributed by atoms with Crippen LogP contribution in [0, 0.1) is 13.8 Å². The summed E-state index contributed by atoms with van der Waals surface area (Å²) in [5.74, 6) is 0.937. The molecule has 0 saturated carbocycles. The van der Waals surface area contributed by atoms with Crippen LogP contribution in [-0.4, -0.2) is 15.3 Å². The second-order valence-corrected chi connectivity index (χ2v) is 9.34. The van der Waals surface area contributed by atoms with Crippen molar-refractivity contribution in [2.24, 2.45) is 0 Å². The number of thioether (sulfide) groups is 2. The zero-order valence-electron chi connectivity index (χ0n) is 15.7. The molecular weight excluding hydrogens is 372 g/mol. The predicted molar refractivity (Wildman–Crippen MR) is 114 cm³/mol. The number of nitrogens with zero attached hydrogens (tertiary/aromatic N) is 2. The third-order valence-electron chi connectivity index (χ3n) is 4.68. The molecule has 0 spiro atoms. The second kappa shape index (κ2) is 7.56. The summed E-state index contributed by atoms with van der Waals surface area (Å²) in [6.45, 7) is 6.30. The molecule has 1 aliphatic rings. The van der Waals surface area contributed by atoms with Gasteiger partial charge in [-0.25, -0.2) is 4.98 Å². The van der Waals surface area contributed by atoms with Crippen molar-refractivity contribution >= 4 is 23.5 Å². The van der Waals surface area contributed by atoms with Crippen molar-refractivity contribution in [1.82, 2.24) is 9.55 Å². The van der Waals surface area contributed by atoms with E-state index in [4.69, 9.17) is 4.98 Å². The average Bonchev–Trinajstić information content (AvgIpc) is 3.10. The van der Waals surface area contributed by atoms with Crippen LogP contribution in [0.2, 0.25) is 0 Å². The quantitative estimate of drug-likeness (QED) is 0.441. The van der Waals surface area contributed by atoms with Crippen LogP contribution in [0.25, 0.3) is 5.69 Å². The van der Waals surface area contributed by atoms with Gasteiger partial charge in [-0.3, -0.25) is 9.36 Å². The van der Waals surface area contributed by atoms with Gasteiger partial charge in [-0.15, -0.1) is 11.8 Å². The Morgan fingerprint density at radius 3 is 2.52 bits per heavy atom. The second-order valence-electron chi connectivity index (χ2n) is 6.93. The molecule has 1 aliphatic heterocycles. The molecule has 0 radical (unpaired) electrons. The summed E-state index contributed by atoms with van der Waals surface area (Å²) in [5, 5.41) is 0.991. The van der Waals surface area contributed by atoms with E-state index in [2.05, 4.69) is 63.2 Å². The molecule has 3 nitrogen and oxygen atoms in total. The van der Waals surface area contributed by atoms with E-state index >= 15 is 0 Å². The van der Waals surface area contributed by atoms with Crippen molar-refractivity contribution in [3.05, 3.63) is 81.3 Å². The van der Waals surface area contributed by atoms with Gasteiger partial charge in [-0.1, -0.05) is 48.2 Å². The number of hydrogen-bond donors (Lipinski definition) is 0. The van der Waals surface area contributed by atoms with Crippen molar-refractivity contribution in [2.45, 2.75) is 42.5 Å². The highest BCUT2D eigenvalue weighted by Crippen LogP contribution is 2.36. The summed E-state index contributed by atoms with van der Waals surface area (Å²) >= 11 is 3.28. The summed E-state index contributed by atoms with van der Waals surface area (Å²) in [7, 11) is 0. The number of fused-ring (bicyclic) bond motifs is 1. The molecule has 0 unspecified atom stereocenters. The Balaban J connectivity index is 1.85. The molecule has 0 aliphatic carbocycles. The minimum Gasteiger partial charge on any atom is -0.268 e. The summed E-state index contributed by atoms with van der Waals surface area (Å²) < 4.78 is 1.81. The molecule has 0 N–H and O–H groups in total. The summed E-state index contributed by atoms with van der Waals surface area (Å²) in [4.78, 5) is 19.0. The summed E-state index contributed by atoms with van der Waals surface area (Å²) in [6, 6.07) is 16.6. The van der Waals surface area contributed by atoms with Gasteiger partial charge in [0.1, 0.15) is 0 Å². The largest absolute Gasteiger partial charge is 0.272 e. The van der Waals surface area contributed by atoms with E-state index in [0.717, 1.165) is 44.7 Å². The van der Waals surface area contributed by atoms with Crippen LogP contribution in [0.1, 0.15) is 34.6 Å². The van der Waals surface area contributed by atoms with Crippen LogP contribution in [0.15, 0.2) is 63.4 Å².